The van der Waals surface area contributed by atoms with Crippen molar-refractivity contribution in [2.24, 2.45) is 0 Å². The summed E-state index contributed by atoms with van der Waals surface area (Å²) >= 11 is 0. The second-order valence-electron chi connectivity index (χ2n) is 6.34. The van der Waals surface area contributed by atoms with Crippen LogP contribution < -0.4 is 10.1 Å². The lowest BCUT2D eigenvalue weighted by atomic mass is 10.2. The molecule has 0 aromatic heterocycles. The SMILES string of the molecule is CCN(CC)S(=O)(=O)c1ccc(NC(=O)COC(=O)/C=C/c2ccccc2OC)cc1. The maximum Gasteiger partial charge on any atom is 0.331 e. The average molecular weight is 447 g/mol. The van der Waals surface area contributed by atoms with Gasteiger partial charge in [-0.25, -0.2) is 13.2 Å². The molecule has 0 bridgehead atoms. The van der Waals surface area contributed by atoms with Crippen LogP contribution >= 0.6 is 0 Å². The molecule has 8 nitrogen and oxygen atoms in total. The van der Waals surface area contributed by atoms with Crippen LogP contribution in [0.25, 0.3) is 6.08 Å². The number of carbonyl (C=O) groups is 2. The van der Waals surface area contributed by atoms with Crippen molar-refractivity contribution in [2.75, 3.05) is 32.1 Å². The molecule has 0 fully saturated rings. The summed E-state index contributed by atoms with van der Waals surface area (Å²) in [5.41, 5.74) is 1.09. The predicted octanol–water partition coefficient (Wildman–Crippen LogP) is 2.92. The first-order valence-electron chi connectivity index (χ1n) is 9.69. The van der Waals surface area contributed by atoms with E-state index in [1.807, 2.05) is 6.07 Å². The molecule has 2 aromatic rings. The van der Waals surface area contributed by atoms with Crippen LogP contribution in [0.2, 0.25) is 0 Å². The van der Waals surface area contributed by atoms with Gasteiger partial charge in [0, 0.05) is 30.4 Å². The summed E-state index contributed by atoms with van der Waals surface area (Å²) in [6.45, 7) is 3.79. The number of carbonyl (C=O) groups excluding carboxylic acids is 2. The normalized spacial score (nSPS) is 11.5. The zero-order valence-corrected chi connectivity index (χ0v) is 18.5. The molecule has 0 spiro atoms. The van der Waals surface area contributed by atoms with E-state index < -0.39 is 28.5 Å². The van der Waals surface area contributed by atoms with Gasteiger partial charge in [0.25, 0.3) is 5.91 Å². The van der Waals surface area contributed by atoms with Crippen LogP contribution in [0.4, 0.5) is 5.69 Å². The number of sulfonamides is 1. The third kappa shape index (κ3) is 6.66. The van der Waals surface area contributed by atoms with Gasteiger partial charge in [0.1, 0.15) is 5.75 Å². The van der Waals surface area contributed by atoms with Crippen molar-refractivity contribution < 1.29 is 27.5 Å². The van der Waals surface area contributed by atoms with E-state index in [2.05, 4.69) is 5.32 Å². The van der Waals surface area contributed by atoms with Crippen LogP contribution in [0.15, 0.2) is 59.5 Å². The number of esters is 1. The number of hydrogen-bond donors (Lipinski definition) is 1. The molecule has 2 rings (SSSR count). The first kappa shape index (κ1) is 24.1. The molecule has 0 aliphatic carbocycles. The summed E-state index contributed by atoms with van der Waals surface area (Å²) in [5, 5.41) is 2.56. The molecule has 0 saturated carbocycles. The summed E-state index contributed by atoms with van der Waals surface area (Å²) in [6, 6.07) is 13.0. The van der Waals surface area contributed by atoms with Gasteiger partial charge in [-0.1, -0.05) is 32.0 Å². The highest BCUT2D eigenvalue weighted by molar-refractivity contribution is 7.89. The summed E-state index contributed by atoms with van der Waals surface area (Å²) in [5.74, 6) is -0.615. The quantitative estimate of drug-likeness (QED) is 0.445. The molecule has 0 unspecified atom stereocenters. The first-order valence-corrected chi connectivity index (χ1v) is 11.1. The van der Waals surface area contributed by atoms with Crippen LogP contribution in [0.3, 0.4) is 0 Å². The van der Waals surface area contributed by atoms with Gasteiger partial charge in [-0.2, -0.15) is 4.31 Å². The fourth-order valence-corrected chi connectivity index (χ4v) is 4.22. The second-order valence-corrected chi connectivity index (χ2v) is 8.28. The van der Waals surface area contributed by atoms with E-state index in [-0.39, 0.29) is 4.90 Å². The van der Waals surface area contributed by atoms with Gasteiger partial charge >= 0.3 is 5.97 Å². The van der Waals surface area contributed by atoms with E-state index in [1.165, 1.54) is 47.8 Å². The van der Waals surface area contributed by atoms with Crippen LogP contribution in [0.1, 0.15) is 19.4 Å². The number of hydrogen-bond acceptors (Lipinski definition) is 6. The van der Waals surface area contributed by atoms with Crippen molar-refractivity contribution in [1.29, 1.82) is 0 Å². The number of methoxy groups -OCH3 is 1. The Hall–Kier alpha value is -3.17. The first-order chi connectivity index (χ1) is 14.8. The highest BCUT2D eigenvalue weighted by Gasteiger charge is 2.21. The minimum atomic E-state index is -3.57. The van der Waals surface area contributed by atoms with Crippen LogP contribution in [-0.2, 0) is 24.3 Å². The summed E-state index contributed by atoms with van der Waals surface area (Å²) in [6.07, 6.45) is 2.74. The monoisotopic (exact) mass is 446 g/mol. The average Bonchev–Trinajstić information content (AvgIpc) is 2.77. The molecule has 0 saturated heterocycles. The Morgan fingerprint density at radius 1 is 1.03 bits per heavy atom. The van der Waals surface area contributed by atoms with Gasteiger partial charge in [-0.15, -0.1) is 0 Å². The molecule has 1 amide bonds. The van der Waals surface area contributed by atoms with Crippen molar-refractivity contribution in [3.8, 4) is 5.75 Å². The molecule has 0 heterocycles. The molecular weight excluding hydrogens is 420 g/mol. The maximum atomic E-state index is 12.5. The zero-order chi connectivity index (χ0) is 22.9. The van der Waals surface area contributed by atoms with Gasteiger partial charge in [-0.05, 0) is 36.4 Å². The number of rotatable bonds is 10. The smallest absolute Gasteiger partial charge is 0.331 e. The van der Waals surface area contributed by atoms with Crippen LogP contribution in [0.5, 0.6) is 5.75 Å². The minimum absolute atomic E-state index is 0.141. The van der Waals surface area contributed by atoms with Gasteiger partial charge < -0.3 is 14.8 Å². The van der Waals surface area contributed by atoms with Crippen LogP contribution in [0, 0.1) is 0 Å². The molecule has 0 radical (unpaired) electrons. The highest BCUT2D eigenvalue weighted by atomic mass is 32.2. The summed E-state index contributed by atoms with van der Waals surface area (Å²) in [4.78, 5) is 24.0. The zero-order valence-electron chi connectivity index (χ0n) is 17.7. The van der Waals surface area contributed by atoms with E-state index in [0.29, 0.717) is 30.1 Å². The summed E-state index contributed by atoms with van der Waals surface area (Å²) in [7, 11) is -2.04. The third-order valence-electron chi connectivity index (χ3n) is 4.36. The lowest BCUT2D eigenvalue weighted by Gasteiger charge is -2.18. The molecule has 2 aromatic carbocycles. The molecule has 31 heavy (non-hydrogen) atoms. The Morgan fingerprint density at radius 3 is 2.29 bits per heavy atom. The Labute approximate surface area is 182 Å². The minimum Gasteiger partial charge on any atom is -0.496 e. The van der Waals surface area contributed by atoms with Gasteiger partial charge in [0.2, 0.25) is 10.0 Å². The van der Waals surface area contributed by atoms with Crippen molar-refractivity contribution >= 4 is 33.7 Å². The fraction of sp³-hybridized carbons (Fsp3) is 0.273. The number of ether oxygens (including phenoxy) is 2. The highest BCUT2D eigenvalue weighted by Crippen LogP contribution is 2.19. The van der Waals surface area contributed by atoms with Crippen molar-refractivity contribution in [3.63, 3.8) is 0 Å². The van der Waals surface area contributed by atoms with Gasteiger partial charge in [-0.3, -0.25) is 4.79 Å². The maximum absolute atomic E-state index is 12.5. The standard InChI is InChI=1S/C22H26N2O6S/c1-4-24(5-2)31(27,28)19-13-11-18(12-14-19)23-21(25)16-30-22(26)15-10-17-8-6-7-9-20(17)29-3/h6-15H,4-5,16H2,1-3H3,(H,23,25)/b15-10+. The fourth-order valence-electron chi connectivity index (χ4n) is 2.77. The third-order valence-corrected chi connectivity index (χ3v) is 6.43. The number of nitrogens with one attached hydrogen (secondary N) is 1. The largest absolute Gasteiger partial charge is 0.496 e. The predicted molar refractivity (Wildman–Crippen MR) is 118 cm³/mol. The molecule has 9 heteroatoms. The Kier molecular flexibility index (Phi) is 8.77. The van der Waals surface area contributed by atoms with E-state index in [0.717, 1.165) is 0 Å². The second kappa shape index (κ2) is 11.3. The van der Waals surface area contributed by atoms with E-state index >= 15 is 0 Å². The molecule has 1 N–H and O–H groups in total. The van der Waals surface area contributed by atoms with Gasteiger partial charge in [0.05, 0.1) is 12.0 Å². The van der Waals surface area contributed by atoms with Crippen LogP contribution in [-0.4, -0.2) is 51.4 Å². The molecule has 0 aliphatic rings. The topological polar surface area (TPSA) is 102 Å². The number of nitrogens with zero attached hydrogens (tertiary/aromatic N) is 1. The Bertz CT molecular complexity index is 1030. The molecular formula is C22H26N2O6S. The van der Waals surface area contributed by atoms with Crippen molar-refractivity contribution in [2.45, 2.75) is 18.7 Å². The Balaban J connectivity index is 1.90. The lowest BCUT2D eigenvalue weighted by molar-refractivity contribution is -0.142. The molecule has 166 valence electrons. The van der Waals surface area contributed by atoms with E-state index in [9.17, 15) is 18.0 Å². The van der Waals surface area contributed by atoms with Gasteiger partial charge in [0.15, 0.2) is 6.61 Å². The lowest BCUT2D eigenvalue weighted by Crippen LogP contribution is -2.30. The molecule has 0 atom stereocenters. The van der Waals surface area contributed by atoms with Crippen molar-refractivity contribution in [1.82, 2.24) is 4.31 Å². The number of amides is 1. The number of para-hydroxylation sites is 1. The number of anilines is 1. The van der Waals surface area contributed by atoms with E-state index in [4.69, 9.17) is 9.47 Å². The van der Waals surface area contributed by atoms with E-state index in [1.54, 1.807) is 32.0 Å². The number of benzene rings is 2. The Morgan fingerprint density at radius 2 is 1.68 bits per heavy atom. The molecule has 0 aliphatic heterocycles. The van der Waals surface area contributed by atoms with Crippen molar-refractivity contribution in [3.05, 3.63) is 60.2 Å². The summed E-state index contributed by atoms with van der Waals surface area (Å²) < 4.78 is 36.4.